The fraction of sp³-hybridized carbons (Fsp3) is 0.438. The first-order chi connectivity index (χ1) is 11.9. The van der Waals surface area contributed by atoms with Gasteiger partial charge in [-0.05, 0) is 24.3 Å². The van der Waals surface area contributed by atoms with E-state index in [9.17, 15) is 23.9 Å². The summed E-state index contributed by atoms with van der Waals surface area (Å²) in [4.78, 5) is 41.0. The smallest absolute Gasteiger partial charge is 0.410 e. The second kappa shape index (κ2) is 6.67. The zero-order valence-electron chi connectivity index (χ0n) is 13.6. The summed E-state index contributed by atoms with van der Waals surface area (Å²) in [5, 5.41) is 9.31. The number of benzene rings is 1. The third-order valence-corrected chi connectivity index (χ3v) is 4.50. The Morgan fingerprint density at radius 1 is 1.24 bits per heavy atom. The first kappa shape index (κ1) is 17.2. The standard InChI is InChI=1S/C16H18FN3O5/c1-18-13(9-21)15(23)20-7-6-19(8-12(20)14(18)22)16(24)25-11-4-2-10(17)3-5-11/h2-5,12-13,21H,6-9H2,1H3/t12-,13+/m1/s1. The predicted octanol–water partition coefficient (Wildman–Crippen LogP) is -0.330. The number of carbonyl (C=O) groups is 3. The van der Waals surface area contributed by atoms with Crippen molar-refractivity contribution in [3.8, 4) is 5.75 Å². The van der Waals surface area contributed by atoms with Crippen LogP contribution in [0.25, 0.3) is 0 Å². The van der Waals surface area contributed by atoms with Gasteiger partial charge in [0.25, 0.3) is 0 Å². The van der Waals surface area contributed by atoms with Crippen LogP contribution in [0.3, 0.4) is 0 Å². The van der Waals surface area contributed by atoms with Crippen LogP contribution in [0.5, 0.6) is 5.75 Å². The Bertz CT molecular complexity index is 696. The molecule has 0 aromatic heterocycles. The van der Waals surface area contributed by atoms with Crippen molar-refractivity contribution < 1.29 is 28.6 Å². The molecule has 0 spiro atoms. The van der Waals surface area contributed by atoms with Gasteiger partial charge in [-0.25, -0.2) is 9.18 Å². The van der Waals surface area contributed by atoms with Gasteiger partial charge in [-0.2, -0.15) is 0 Å². The number of aliphatic hydroxyl groups excluding tert-OH is 1. The van der Waals surface area contributed by atoms with Crippen LogP contribution in [-0.4, -0.2) is 83.1 Å². The number of aliphatic hydroxyl groups is 1. The lowest BCUT2D eigenvalue weighted by molar-refractivity contribution is -0.164. The van der Waals surface area contributed by atoms with E-state index in [1.807, 2.05) is 0 Å². The molecule has 0 radical (unpaired) electrons. The van der Waals surface area contributed by atoms with Crippen molar-refractivity contribution >= 4 is 17.9 Å². The molecule has 2 fully saturated rings. The molecule has 3 rings (SSSR count). The zero-order chi connectivity index (χ0) is 18.1. The van der Waals surface area contributed by atoms with Crippen LogP contribution in [-0.2, 0) is 9.59 Å². The maximum absolute atomic E-state index is 12.9. The van der Waals surface area contributed by atoms with Crippen molar-refractivity contribution in [1.82, 2.24) is 14.7 Å². The molecule has 2 atom stereocenters. The van der Waals surface area contributed by atoms with Gasteiger partial charge in [-0.3, -0.25) is 9.59 Å². The van der Waals surface area contributed by atoms with Crippen molar-refractivity contribution in [3.63, 3.8) is 0 Å². The summed E-state index contributed by atoms with van der Waals surface area (Å²) in [5.74, 6) is -0.919. The lowest BCUT2D eigenvalue weighted by atomic mass is 10.0. The summed E-state index contributed by atoms with van der Waals surface area (Å²) in [7, 11) is 1.45. The first-order valence-corrected chi connectivity index (χ1v) is 7.82. The lowest BCUT2D eigenvalue weighted by Crippen LogP contribution is -2.70. The number of nitrogens with zero attached hydrogens (tertiary/aromatic N) is 3. The highest BCUT2D eigenvalue weighted by atomic mass is 19.1. The molecule has 1 aromatic carbocycles. The van der Waals surface area contributed by atoms with Crippen LogP contribution in [0.15, 0.2) is 24.3 Å². The van der Waals surface area contributed by atoms with E-state index in [1.54, 1.807) is 0 Å². The summed E-state index contributed by atoms with van der Waals surface area (Å²) in [5.41, 5.74) is 0. The fourth-order valence-electron chi connectivity index (χ4n) is 3.04. The number of ether oxygens (including phenoxy) is 1. The molecule has 0 unspecified atom stereocenters. The van der Waals surface area contributed by atoms with Crippen molar-refractivity contribution in [2.75, 3.05) is 33.3 Å². The number of piperazine rings is 2. The summed E-state index contributed by atoms with van der Waals surface area (Å²) >= 11 is 0. The highest BCUT2D eigenvalue weighted by molar-refractivity contribution is 5.97. The van der Waals surface area contributed by atoms with Crippen LogP contribution in [0.2, 0.25) is 0 Å². The summed E-state index contributed by atoms with van der Waals surface area (Å²) < 4.78 is 18.1. The Morgan fingerprint density at radius 3 is 2.56 bits per heavy atom. The Kier molecular flexibility index (Phi) is 4.58. The molecule has 9 heteroatoms. The molecule has 2 aliphatic heterocycles. The van der Waals surface area contributed by atoms with Crippen molar-refractivity contribution in [2.24, 2.45) is 0 Å². The van der Waals surface area contributed by atoms with Gasteiger partial charge in [0, 0.05) is 20.1 Å². The molecule has 1 aromatic rings. The lowest BCUT2D eigenvalue weighted by Gasteiger charge is -2.47. The minimum atomic E-state index is -0.888. The van der Waals surface area contributed by atoms with Gasteiger partial charge in [0.1, 0.15) is 23.7 Å². The fourth-order valence-corrected chi connectivity index (χ4v) is 3.04. The minimum Gasteiger partial charge on any atom is -0.410 e. The molecule has 8 nitrogen and oxygen atoms in total. The molecule has 134 valence electrons. The second-order valence-corrected chi connectivity index (χ2v) is 5.96. The average molecular weight is 351 g/mol. The van der Waals surface area contributed by atoms with Crippen molar-refractivity contribution in [3.05, 3.63) is 30.1 Å². The van der Waals surface area contributed by atoms with Gasteiger partial charge < -0.3 is 24.5 Å². The molecule has 0 saturated carbocycles. The quantitative estimate of drug-likeness (QED) is 0.788. The molecule has 25 heavy (non-hydrogen) atoms. The number of fused-ring (bicyclic) bond motifs is 1. The molecule has 2 saturated heterocycles. The molecule has 0 bridgehead atoms. The van der Waals surface area contributed by atoms with Gasteiger partial charge in [-0.15, -0.1) is 0 Å². The topological polar surface area (TPSA) is 90.4 Å². The summed E-state index contributed by atoms with van der Waals surface area (Å²) in [6.45, 7) is -0.0524. The molecule has 3 amide bonds. The van der Waals surface area contributed by atoms with E-state index in [0.717, 1.165) is 0 Å². The summed E-state index contributed by atoms with van der Waals surface area (Å²) in [6.07, 6.45) is -0.668. The number of likely N-dealkylation sites (N-methyl/N-ethyl adjacent to an activating group) is 1. The number of amides is 3. The van der Waals surface area contributed by atoms with E-state index in [0.29, 0.717) is 0 Å². The van der Waals surface area contributed by atoms with Crippen LogP contribution >= 0.6 is 0 Å². The molecule has 2 heterocycles. The molecular formula is C16H18FN3O5. The Hall–Kier alpha value is -2.68. The Morgan fingerprint density at radius 2 is 1.92 bits per heavy atom. The monoisotopic (exact) mass is 351 g/mol. The Balaban J connectivity index is 1.69. The maximum atomic E-state index is 12.9. The predicted molar refractivity (Wildman–Crippen MR) is 83.1 cm³/mol. The van der Waals surface area contributed by atoms with E-state index in [1.165, 1.54) is 46.0 Å². The first-order valence-electron chi connectivity index (χ1n) is 7.82. The maximum Gasteiger partial charge on any atom is 0.415 e. The molecule has 1 N–H and O–H groups in total. The molecule has 2 aliphatic rings. The van der Waals surface area contributed by atoms with E-state index < -0.39 is 30.6 Å². The SMILES string of the molecule is CN1C(=O)[C@H]2CN(C(=O)Oc3ccc(F)cc3)CCN2C(=O)[C@@H]1CO. The van der Waals surface area contributed by atoms with Crippen molar-refractivity contribution in [1.29, 1.82) is 0 Å². The zero-order valence-corrected chi connectivity index (χ0v) is 13.6. The van der Waals surface area contributed by atoms with Crippen LogP contribution < -0.4 is 4.74 Å². The third kappa shape index (κ3) is 3.14. The van der Waals surface area contributed by atoms with Gasteiger partial charge in [0.2, 0.25) is 11.8 Å². The summed E-state index contributed by atoms with van der Waals surface area (Å²) in [6, 6.07) is 3.33. The van der Waals surface area contributed by atoms with Gasteiger partial charge in [0.05, 0.1) is 13.2 Å². The number of halogens is 1. The normalized spacial score (nSPS) is 23.6. The van der Waals surface area contributed by atoms with Gasteiger partial charge in [-0.1, -0.05) is 0 Å². The average Bonchev–Trinajstić information content (AvgIpc) is 2.62. The minimum absolute atomic E-state index is 0.00703. The highest BCUT2D eigenvalue weighted by Crippen LogP contribution is 2.22. The largest absolute Gasteiger partial charge is 0.415 e. The third-order valence-electron chi connectivity index (χ3n) is 4.50. The van der Waals surface area contributed by atoms with Crippen LogP contribution in [0, 0.1) is 5.82 Å². The highest BCUT2D eigenvalue weighted by Gasteiger charge is 2.47. The van der Waals surface area contributed by atoms with E-state index in [-0.39, 0.29) is 37.2 Å². The Labute approximate surface area is 143 Å². The van der Waals surface area contributed by atoms with Crippen molar-refractivity contribution in [2.45, 2.75) is 12.1 Å². The molecule has 0 aliphatic carbocycles. The number of rotatable bonds is 2. The van der Waals surface area contributed by atoms with Gasteiger partial charge in [0.15, 0.2) is 0 Å². The second-order valence-electron chi connectivity index (χ2n) is 5.96. The number of hydrogen-bond donors (Lipinski definition) is 1. The number of hydrogen-bond acceptors (Lipinski definition) is 5. The van der Waals surface area contributed by atoms with Crippen LogP contribution in [0.1, 0.15) is 0 Å². The van der Waals surface area contributed by atoms with Crippen LogP contribution in [0.4, 0.5) is 9.18 Å². The van der Waals surface area contributed by atoms with E-state index in [2.05, 4.69) is 0 Å². The molecular weight excluding hydrogens is 333 g/mol. The number of carbonyl (C=O) groups excluding carboxylic acids is 3. The van der Waals surface area contributed by atoms with Gasteiger partial charge >= 0.3 is 6.09 Å². The van der Waals surface area contributed by atoms with E-state index in [4.69, 9.17) is 4.74 Å². The van der Waals surface area contributed by atoms with E-state index >= 15 is 0 Å².